The van der Waals surface area contributed by atoms with Gasteiger partial charge in [-0.3, -0.25) is 10.2 Å². The number of carbonyl (C=O) groups excluding carboxylic acids is 1. The van der Waals surface area contributed by atoms with E-state index in [1.807, 2.05) is 0 Å². The second kappa shape index (κ2) is 6.34. The van der Waals surface area contributed by atoms with Crippen molar-refractivity contribution < 1.29 is 26.8 Å². The molecular formula is C16H9F4N3O2. The van der Waals surface area contributed by atoms with Crippen LogP contribution < -0.4 is 5.43 Å². The molecule has 0 aliphatic heterocycles. The Morgan fingerprint density at radius 2 is 1.76 bits per heavy atom. The Hall–Kier alpha value is -3.23. The molecule has 0 spiro atoms. The monoisotopic (exact) mass is 351 g/mol. The normalized spacial score (nSPS) is 12.4. The van der Waals surface area contributed by atoms with Crippen molar-refractivity contribution in [1.29, 1.82) is 0 Å². The molecule has 1 heterocycles. The molecule has 0 radical (unpaired) electrons. The molecule has 0 aliphatic carbocycles. The minimum Gasteiger partial charge on any atom is -0.435 e. The number of oxazole rings is 1. The zero-order valence-electron chi connectivity index (χ0n) is 12.3. The Morgan fingerprint density at radius 3 is 2.40 bits per heavy atom. The van der Waals surface area contributed by atoms with Crippen LogP contribution in [0, 0.1) is 5.82 Å². The lowest BCUT2D eigenvalue weighted by Gasteiger charge is -2.06. The predicted octanol–water partition coefficient (Wildman–Crippen LogP) is 3.91. The molecule has 0 saturated carbocycles. The maximum atomic E-state index is 12.9. The maximum absolute atomic E-state index is 12.9. The summed E-state index contributed by atoms with van der Waals surface area (Å²) in [4.78, 5) is 15.5. The van der Waals surface area contributed by atoms with Crippen molar-refractivity contribution in [2.24, 2.45) is 5.10 Å². The highest BCUT2D eigenvalue weighted by atomic mass is 19.4. The number of anilines is 1. The van der Waals surface area contributed by atoms with Crippen LogP contribution in [0.15, 0.2) is 58.0 Å². The van der Waals surface area contributed by atoms with Crippen LogP contribution in [0.3, 0.4) is 0 Å². The maximum Gasteiger partial charge on any atom is 0.456 e. The number of Topliss-reactive ketones (excluding diaryl/α,β-unsaturated/α-hetero) is 1. The first kappa shape index (κ1) is 16.6. The lowest BCUT2D eigenvalue weighted by Crippen LogP contribution is -2.32. The van der Waals surface area contributed by atoms with E-state index in [0.717, 1.165) is 12.1 Å². The number of nitrogens with one attached hydrogen (secondary N) is 1. The van der Waals surface area contributed by atoms with E-state index in [1.54, 1.807) is 12.1 Å². The molecule has 0 fully saturated rings. The minimum atomic E-state index is -5.16. The van der Waals surface area contributed by atoms with Crippen LogP contribution in [0.1, 0.15) is 5.89 Å². The number of hydrogen-bond acceptors (Lipinski definition) is 5. The van der Waals surface area contributed by atoms with E-state index < -0.39 is 29.4 Å². The van der Waals surface area contributed by atoms with Gasteiger partial charge in [0.25, 0.3) is 11.7 Å². The standard InChI is InChI=1S/C16H9F4N3O2/c17-9-5-7-10(8-6-9)22-23-13(14(24)16(18,19)20)15-21-11-3-1-2-4-12(11)25-15/h1-8,22H/b23-13-. The minimum absolute atomic E-state index is 0.185. The molecule has 0 aliphatic rings. The van der Waals surface area contributed by atoms with Gasteiger partial charge in [0.05, 0.1) is 5.69 Å². The highest BCUT2D eigenvalue weighted by molar-refractivity contribution is 6.47. The third-order valence-corrected chi connectivity index (χ3v) is 3.11. The number of nitrogens with zero attached hydrogens (tertiary/aromatic N) is 2. The van der Waals surface area contributed by atoms with Crippen LogP contribution in [0.5, 0.6) is 0 Å². The van der Waals surface area contributed by atoms with E-state index in [2.05, 4.69) is 15.5 Å². The van der Waals surface area contributed by atoms with Gasteiger partial charge in [0.1, 0.15) is 11.3 Å². The first-order valence-corrected chi connectivity index (χ1v) is 6.91. The Kier molecular flexibility index (Phi) is 4.22. The Morgan fingerprint density at radius 1 is 1.08 bits per heavy atom. The molecular weight excluding hydrogens is 342 g/mol. The molecule has 0 saturated heterocycles. The first-order chi connectivity index (χ1) is 11.8. The molecule has 0 atom stereocenters. The van der Waals surface area contributed by atoms with Crippen molar-refractivity contribution in [3.63, 3.8) is 0 Å². The molecule has 5 nitrogen and oxygen atoms in total. The Balaban J connectivity index is 2.01. The third kappa shape index (κ3) is 3.65. The van der Waals surface area contributed by atoms with Gasteiger partial charge in [-0.25, -0.2) is 9.37 Å². The number of halogens is 4. The summed E-state index contributed by atoms with van der Waals surface area (Å²) < 4.78 is 56.6. The first-order valence-electron chi connectivity index (χ1n) is 6.91. The van der Waals surface area contributed by atoms with E-state index in [0.29, 0.717) is 0 Å². The molecule has 2 aromatic carbocycles. The van der Waals surface area contributed by atoms with Gasteiger partial charge >= 0.3 is 6.18 Å². The van der Waals surface area contributed by atoms with Gasteiger partial charge in [-0.15, -0.1) is 0 Å². The van der Waals surface area contributed by atoms with Crippen LogP contribution >= 0.6 is 0 Å². The van der Waals surface area contributed by atoms with Crippen LogP contribution in [0.4, 0.5) is 23.2 Å². The smallest absolute Gasteiger partial charge is 0.435 e. The number of para-hydroxylation sites is 2. The number of alkyl halides is 3. The third-order valence-electron chi connectivity index (χ3n) is 3.11. The van der Waals surface area contributed by atoms with Crippen molar-refractivity contribution in [2.75, 3.05) is 5.43 Å². The molecule has 0 unspecified atom stereocenters. The number of ketones is 1. The lowest BCUT2D eigenvalue weighted by molar-refractivity contribution is -0.163. The van der Waals surface area contributed by atoms with Gasteiger partial charge < -0.3 is 4.42 Å². The average molecular weight is 351 g/mol. The summed E-state index contributed by atoms with van der Waals surface area (Å²) >= 11 is 0. The summed E-state index contributed by atoms with van der Waals surface area (Å²) in [6.45, 7) is 0. The summed E-state index contributed by atoms with van der Waals surface area (Å²) in [6, 6.07) is 10.9. The van der Waals surface area contributed by atoms with Crippen LogP contribution in [-0.2, 0) is 4.79 Å². The topological polar surface area (TPSA) is 67.5 Å². The summed E-state index contributed by atoms with van der Waals surface area (Å²) in [6.07, 6.45) is -5.16. The highest BCUT2D eigenvalue weighted by Crippen LogP contribution is 2.22. The predicted molar refractivity (Wildman–Crippen MR) is 81.6 cm³/mol. The average Bonchev–Trinajstić information content (AvgIpc) is 2.99. The van der Waals surface area contributed by atoms with Crippen molar-refractivity contribution in [2.45, 2.75) is 6.18 Å². The van der Waals surface area contributed by atoms with Crippen molar-refractivity contribution >= 4 is 28.3 Å². The second-order valence-corrected chi connectivity index (χ2v) is 4.89. The van der Waals surface area contributed by atoms with Crippen molar-refractivity contribution in [3.8, 4) is 0 Å². The van der Waals surface area contributed by atoms with E-state index in [1.165, 1.54) is 24.3 Å². The van der Waals surface area contributed by atoms with Gasteiger partial charge in [-0.05, 0) is 36.4 Å². The zero-order chi connectivity index (χ0) is 18.0. The molecule has 1 aromatic heterocycles. The molecule has 0 amide bonds. The van der Waals surface area contributed by atoms with E-state index in [-0.39, 0.29) is 16.8 Å². The number of fused-ring (bicyclic) bond motifs is 1. The highest BCUT2D eigenvalue weighted by Gasteiger charge is 2.44. The number of rotatable bonds is 4. The molecule has 0 bridgehead atoms. The van der Waals surface area contributed by atoms with Gasteiger partial charge in [0.2, 0.25) is 0 Å². The molecule has 25 heavy (non-hydrogen) atoms. The largest absolute Gasteiger partial charge is 0.456 e. The zero-order valence-corrected chi connectivity index (χ0v) is 12.3. The van der Waals surface area contributed by atoms with Gasteiger partial charge in [-0.2, -0.15) is 18.3 Å². The quantitative estimate of drug-likeness (QED) is 0.440. The van der Waals surface area contributed by atoms with E-state index >= 15 is 0 Å². The van der Waals surface area contributed by atoms with Crippen LogP contribution in [0.2, 0.25) is 0 Å². The fourth-order valence-corrected chi connectivity index (χ4v) is 1.95. The molecule has 3 aromatic rings. The fraction of sp³-hybridized carbons (Fsp3) is 0.0625. The SMILES string of the molecule is O=C(/C(=N/Nc1ccc(F)cc1)c1nc2ccccc2o1)C(F)(F)F. The molecule has 128 valence electrons. The van der Waals surface area contributed by atoms with E-state index in [4.69, 9.17) is 4.42 Å². The summed E-state index contributed by atoms with van der Waals surface area (Å²) in [5.41, 5.74) is 1.91. The van der Waals surface area contributed by atoms with Crippen molar-refractivity contribution in [3.05, 3.63) is 60.2 Å². The Labute approximate surface area is 138 Å². The number of benzene rings is 2. The van der Waals surface area contributed by atoms with E-state index in [9.17, 15) is 22.4 Å². The summed E-state index contributed by atoms with van der Waals surface area (Å²) in [5, 5.41) is 3.47. The van der Waals surface area contributed by atoms with Crippen LogP contribution in [0.25, 0.3) is 11.1 Å². The number of carbonyl (C=O) groups is 1. The molecule has 9 heteroatoms. The summed E-state index contributed by atoms with van der Waals surface area (Å²) in [5.74, 6) is -3.31. The lowest BCUT2D eigenvalue weighted by atomic mass is 10.2. The van der Waals surface area contributed by atoms with Gasteiger partial charge in [0, 0.05) is 0 Å². The fourth-order valence-electron chi connectivity index (χ4n) is 1.95. The van der Waals surface area contributed by atoms with Crippen molar-refractivity contribution in [1.82, 2.24) is 4.98 Å². The van der Waals surface area contributed by atoms with Gasteiger partial charge in [-0.1, -0.05) is 12.1 Å². The molecule has 1 N–H and O–H groups in total. The molecule has 3 rings (SSSR count). The summed E-state index contributed by atoms with van der Waals surface area (Å²) in [7, 11) is 0. The number of aromatic nitrogens is 1. The number of hydrogen-bond donors (Lipinski definition) is 1. The van der Waals surface area contributed by atoms with Gasteiger partial charge in [0.15, 0.2) is 11.3 Å². The van der Waals surface area contributed by atoms with Crippen LogP contribution in [-0.4, -0.2) is 22.7 Å². The number of hydrazone groups is 1. The Bertz CT molecular complexity index is 913. The second-order valence-electron chi connectivity index (χ2n) is 4.89.